The van der Waals surface area contributed by atoms with Gasteiger partial charge in [-0.05, 0) is 36.4 Å². The summed E-state index contributed by atoms with van der Waals surface area (Å²) in [7, 11) is 1.65. The van der Waals surface area contributed by atoms with Crippen LogP contribution in [0.1, 0.15) is 6.42 Å². The van der Waals surface area contributed by atoms with Gasteiger partial charge in [-0.25, -0.2) is 4.79 Å². The van der Waals surface area contributed by atoms with Gasteiger partial charge in [0.1, 0.15) is 19.0 Å². The molecular weight excluding hydrogens is 424 g/mol. The molecule has 2 fully saturated rings. The molecule has 3 heterocycles. The van der Waals surface area contributed by atoms with Crippen LogP contribution in [0.2, 0.25) is 0 Å². The van der Waals surface area contributed by atoms with Crippen LogP contribution in [-0.4, -0.2) is 75.9 Å². The van der Waals surface area contributed by atoms with Crippen LogP contribution in [-0.2, 0) is 4.79 Å². The summed E-state index contributed by atoms with van der Waals surface area (Å²) >= 11 is 0. The first kappa shape index (κ1) is 21.2. The highest BCUT2D eigenvalue weighted by Crippen LogP contribution is 2.35. The molecule has 9 nitrogen and oxygen atoms in total. The molecular formula is C24H28N4O5. The van der Waals surface area contributed by atoms with E-state index in [1.165, 1.54) is 0 Å². The van der Waals surface area contributed by atoms with Crippen molar-refractivity contribution in [2.45, 2.75) is 12.5 Å². The SMILES string of the molecule is COc1ccc(N2CCN(C(=O)NC3CC(=O)N(c4ccc5c(c4)OCCO5)C3)CC2)cc1. The first-order valence-electron chi connectivity index (χ1n) is 11.2. The normalized spacial score (nSPS) is 20.1. The maximum Gasteiger partial charge on any atom is 0.317 e. The molecule has 174 valence electrons. The Labute approximate surface area is 192 Å². The van der Waals surface area contributed by atoms with Gasteiger partial charge in [0.25, 0.3) is 0 Å². The molecule has 0 aromatic heterocycles. The second kappa shape index (κ2) is 9.09. The lowest BCUT2D eigenvalue weighted by atomic mass is 10.2. The Hall–Kier alpha value is -3.62. The fraction of sp³-hybridized carbons (Fsp3) is 0.417. The molecule has 0 aliphatic carbocycles. The maximum atomic E-state index is 12.8. The van der Waals surface area contributed by atoms with E-state index >= 15 is 0 Å². The van der Waals surface area contributed by atoms with Crippen LogP contribution < -0.4 is 29.3 Å². The largest absolute Gasteiger partial charge is 0.497 e. The lowest BCUT2D eigenvalue weighted by Gasteiger charge is -2.36. The number of benzene rings is 2. The average Bonchev–Trinajstić information content (AvgIpc) is 3.23. The van der Waals surface area contributed by atoms with Crippen molar-refractivity contribution in [3.05, 3.63) is 42.5 Å². The highest BCUT2D eigenvalue weighted by molar-refractivity contribution is 5.97. The summed E-state index contributed by atoms with van der Waals surface area (Å²) in [6.07, 6.45) is 0.284. The molecule has 0 saturated carbocycles. The zero-order chi connectivity index (χ0) is 22.8. The van der Waals surface area contributed by atoms with Gasteiger partial charge in [-0.1, -0.05) is 0 Å². The van der Waals surface area contributed by atoms with Crippen LogP contribution in [0.5, 0.6) is 17.2 Å². The van der Waals surface area contributed by atoms with Crippen LogP contribution in [0, 0.1) is 0 Å². The average molecular weight is 453 g/mol. The van der Waals surface area contributed by atoms with Crippen LogP contribution in [0.15, 0.2) is 42.5 Å². The Morgan fingerprint density at radius 1 is 0.970 bits per heavy atom. The number of anilines is 2. The number of ether oxygens (including phenoxy) is 3. The smallest absolute Gasteiger partial charge is 0.317 e. The van der Waals surface area contributed by atoms with Crippen molar-refractivity contribution >= 4 is 23.3 Å². The quantitative estimate of drug-likeness (QED) is 0.765. The predicted octanol–water partition coefficient (Wildman–Crippen LogP) is 2.10. The molecule has 0 bridgehead atoms. The summed E-state index contributed by atoms with van der Waals surface area (Å²) in [6, 6.07) is 13.1. The van der Waals surface area contributed by atoms with E-state index in [9.17, 15) is 9.59 Å². The standard InChI is InChI=1S/C24H28N4O5/c1-31-20-5-2-18(3-6-20)26-8-10-27(11-9-26)24(30)25-17-14-23(29)28(16-17)19-4-7-21-22(15-19)33-13-12-32-21/h2-7,15,17H,8-14,16H2,1H3,(H,25,30). The van der Waals surface area contributed by atoms with Crippen molar-refractivity contribution in [2.75, 3.05) is 62.8 Å². The summed E-state index contributed by atoms with van der Waals surface area (Å²) in [5.74, 6) is 2.15. The van der Waals surface area contributed by atoms with Gasteiger partial charge in [-0.15, -0.1) is 0 Å². The highest BCUT2D eigenvalue weighted by atomic mass is 16.6. The summed E-state index contributed by atoms with van der Waals surface area (Å²) in [5.41, 5.74) is 1.88. The van der Waals surface area contributed by atoms with Gasteiger partial charge in [0, 0.05) is 56.6 Å². The second-order valence-corrected chi connectivity index (χ2v) is 8.35. The monoisotopic (exact) mass is 452 g/mol. The molecule has 1 N–H and O–H groups in total. The minimum Gasteiger partial charge on any atom is -0.497 e. The van der Waals surface area contributed by atoms with Gasteiger partial charge >= 0.3 is 6.03 Å². The van der Waals surface area contributed by atoms with Gasteiger partial charge in [0.15, 0.2) is 11.5 Å². The van der Waals surface area contributed by atoms with Crippen molar-refractivity contribution in [3.63, 3.8) is 0 Å². The van der Waals surface area contributed by atoms with E-state index in [1.54, 1.807) is 12.0 Å². The third-order valence-corrected chi connectivity index (χ3v) is 6.29. The molecule has 1 unspecified atom stereocenters. The summed E-state index contributed by atoms with van der Waals surface area (Å²) in [6.45, 7) is 4.23. The number of hydrogen-bond donors (Lipinski definition) is 1. The fourth-order valence-electron chi connectivity index (χ4n) is 4.48. The molecule has 9 heteroatoms. The highest BCUT2D eigenvalue weighted by Gasteiger charge is 2.33. The van der Waals surface area contributed by atoms with E-state index in [-0.39, 0.29) is 24.4 Å². The van der Waals surface area contributed by atoms with E-state index < -0.39 is 0 Å². The van der Waals surface area contributed by atoms with Crippen molar-refractivity contribution in [1.29, 1.82) is 0 Å². The number of urea groups is 1. The van der Waals surface area contributed by atoms with Crippen LogP contribution in [0.3, 0.4) is 0 Å². The number of amides is 3. The Morgan fingerprint density at radius 2 is 1.67 bits per heavy atom. The van der Waals surface area contributed by atoms with Gasteiger partial charge < -0.3 is 34.2 Å². The minimum atomic E-state index is -0.224. The number of hydrogen-bond acceptors (Lipinski definition) is 6. The fourth-order valence-corrected chi connectivity index (χ4v) is 4.48. The molecule has 1 atom stereocenters. The number of rotatable bonds is 4. The van der Waals surface area contributed by atoms with Crippen LogP contribution in [0.4, 0.5) is 16.2 Å². The number of nitrogens with one attached hydrogen (secondary N) is 1. The number of carbonyl (C=O) groups is 2. The number of methoxy groups -OCH3 is 1. The summed E-state index contributed by atoms with van der Waals surface area (Å²) in [5, 5.41) is 3.04. The molecule has 0 spiro atoms. The Balaban J connectivity index is 1.14. The molecule has 5 rings (SSSR count). The number of carbonyl (C=O) groups excluding carboxylic acids is 2. The third kappa shape index (κ3) is 4.48. The van der Waals surface area contributed by atoms with Gasteiger partial charge in [-0.2, -0.15) is 0 Å². The van der Waals surface area contributed by atoms with Crippen molar-refractivity contribution in [2.24, 2.45) is 0 Å². The van der Waals surface area contributed by atoms with Gasteiger partial charge in [-0.3, -0.25) is 4.79 Å². The zero-order valence-corrected chi connectivity index (χ0v) is 18.7. The lowest BCUT2D eigenvalue weighted by molar-refractivity contribution is -0.117. The lowest BCUT2D eigenvalue weighted by Crippen LogP contribution is -2.53. The Bertz CT molecular complexity index is 1020. The number of nitrogens with zero attached hydrogens (tertiary/aromatic N) is 3. The third-order valence-electron chi connectivity index (χ3n) is 6.29. The zero-order valence-electron chi connectivity index (χ0n) is 18.7. The molecule has 3 aliphatic heterocycles. The molecule has 3 aliphatic rings. The van der Waals surface area contributed by atoms with Crippen molar-refractivity contribution in [1.82, 2.24) is 10.2 Å². The van der Waals surface area contributed by atoms with Crippen LogP contribution in [0.25, 0.3) is 0 Å². The van der Waals surface area contributed by atoms with E-state index in [4.69, 9.17) is 14.2 Å². The van der Waals surface area contributed by atoms with E-state index in [1.807, 2.05) is 47.4 Å². The van der Waals surface area contributed by atoms with Crippen LogP contribution >= 0.6 is 0 Å². The number of piperazine rings is 1. The molecule has 2 aromatic carbocycles. The molecule has 2 aromatic rings. The Morgan fingerprint density at radius 3 is 2.39 bits per heavy atom. The minimum absolute atomic E-state index is 0.0127. The predicted molar refractivity (Wildman–Crippen MR) is 124 cm³/mol. The molecule has 33 heavy (non-hydrogen) atoms. The van der Waals surface area contributed by atoms with Crippen molar-refractivity contribution in [3.8, 4) is 17.2 Å². The second-order valence-electron chi connectivity index (χ2n) is 8.35. The van der Waals surface area contributed by atoms with Gasteiger partial charge in [0.05, 0.1) is 13.2 Å². The van der Waals surface area contributed by atoms with Gasteiger partial charge in [0.2, 0.25) is 5.91 Å². The maximum absolute atomic E-state index is 12.8. The first-order chi connectivity index (χ1) is 16.1. The summed E-state index contributed by atoms with van der Waals surface area (Å²) < 4.78 is 16.4. The Kier molecular flexibility index (Phi) is 5.85. The number of fused-ring (bicyclic) bond motifs is 1. The summed E-state index contributed by atoms with van der Waals surface area (Å²) in [4.78, 5) is 31.2. The van der Waals surface area contributed by atoms with Crippen molar-refractivity contribution < 1.29 is 23.8 Å². The molecule has 3 amide bonds. The van der Waals surface area contributed by atoms with E-state index in [2.05, 4.69) is 10.2 Å². The topological polar surface area (TPSA) is 83.6 Å². The molecule has 0 radical (unpaired) electrons. The first-order valence-corrected chi connectivity index (χ1v) is 11.2. The van der Waals surface area contributed by atoms with E-state index in [0.717, 1.165) is 30.2 Å². The van der Waals surface area contributed by atoms with E-state index in [0.29, 0.717) is 44.3 Å². The molecule has 2 saturated heterocycles.